The van der Waals surface area contributed by atoms with Crippen LogP contribution in [-0.4, -0.2) is 17.9 Å². The molecule has 0 saturated heterocycles. The van der Waals surface area contributed by atoms with E-state index in [1.54, 1.807) is 45.9 Å². The van der Waals surface area contributed by atoms with E-state index in [1.807, 2.05) is 6.92 Å². The van der Waals surface area contributed by atoms with Crippen LogP contribution in [0.4, 0.5) is 5.69 Å². The van der Waals surface area contributed by atoms with Gasteiger partial charge in [-0.15, -0.1) is 0 Å². The Kier molecular flexibility index (Phi) is 5.17. The molecule has 0 saturated carbocycles. The van der Waals surface area contributed by atoms with Gasteiger partial charge in [0.25, 0.3) is 0 Å². The van der Waals surface area contributed by atoms with Gasteiger partial charge in [0.2, 0.25) is 11.8 Å². The highest BCUT2D eigenvalue weighted by Crippen LogP contribution is 2.20. The SMILES string of the molecule is Cc1cc(Cl)ccc1NC(=O)C(C)NC(=O)C(C)(C)C. The van der Waals surface area contributed by atoms with Crippen molar-refractivity contribution in [2.24, 2.45) is 5.41 Å². The fourth-order valence-electron chi connectivity index (χ4n) is 1.49. The van der Waals surface area contributed by atoms with Crippen LogP contribution in [0.3, 0.4) is 0 Å². The van der Waals surface area contributed by atoms with Crippen LogP contribution in [0.15, 0.2) is 18.2 Å². The molecule has 0 spiro atoms. The Labute approximate surface area is 124 Å². The first kappa shape index (κ1) is 16.5. The van der Waals surface area contributed by atoms with Gasteiger partial charge in [0.1, 0.15) is 6.04 Å². The molecule has 0 heterocycles. The average molecular weight is 297 g/mol. The second-order valence-corrected chi connectivity index (χ2v) is 6.33. The molecule has 0 bridgehead atoms. The molecule has 1 aromatic carbocycles. The van der Waals surface area contributed by atoms with Gasteiger partial charge < -0.3 is 10.6 Å². The lowest BCUT2D eigenvalue weighted by Crippen LogP contribution is -2.46. The number of carbonyl (C=O) groups excluding carboxylic acids is 2. The van der Waals surface area contributed by atoms with Crippen molar-refractivity contribution in [1.29, 1.82) is 0 Å². The van der Waals surface area contributed by atoms with Crippen LogP contribution < -0.4 is 10.6 Å². The number of aryl methyl sites for hydroxylation is 1. The van der Waals surface area contributed by atoms with Crippen LogP contribution in [0, 0.1) is 12.3 Å². The molecule has 0 aliphatic carbocycles. The van der Waals surface area contributed by atoms with E-state index in [4.69, 9.17) is 11.6 Å². The minimum atomic E-state index is -0.600. The number of hydrogen-bond donors (Lipinski definition) is 2. The van der Waals surface area contributed by atoms with E-state index in [-0.39, 0.29) is 11.8 Å². The third-order valence-electron chi connectivity index (χ3n) is 2.87. The van der Waals surface area contributed by atoms with Gasteiger partial charge in [-0.1, -0.05) is 32.4 Å². The summed E-state index contributed by atoms with van der Waals surface area (Å²) in [5, 5.41) is 6.10. The van der Waals surface area contributed by atoms with Crippen LogP contribution >= 0.6 is 11.6 Å². The summed E-state index contributed by atoms with van der Waals surface area (Å²) in [6.45, 7) is 8.92. The highest BCUT2D eigenvalue weighted by Gasteiger charge is 2.25. The van der Waals surface area contributed by atoms with Crippen molar-refractivity contribution in [1.82, 2.24) is 5.32 Å². The smallest absolute Gasteiger partial charge is 0.246 e. The maximum Gasteiger partial charge on any atom is 0.246 e. The number of carbonyl (C=O) groups is 2. The predicted molar refractivity (Wildman–Crippen MR) is 81.9 cm³/mol. The minimum absolute atomic E-state index is 0.159. The molecule has 110 valence electrons. The first-order valence-corrected chi connectivity index (χ1v) is 6.87. The van der Waals surface area contributed by atoms with Crippen molar-refractivity contribution in [3.8, 4) is 0 Å². The molecule has 0 aliphatic heterocycles. The molecule has 5 heteroatoms. The third-order valence-corrected chi connectivity index (χ3v) is 3.10. The van der Waals surface area contributed by atoms with Crippen LogP contribution in [0.1, 0.15) is 33.3 Å². The molecule has 0 aliphatic rings. The summed E-state index contributed by atoms with van der Waals surface area (Å²) in [4.78, 5) is 23.9. The van der Waals surface area contributed by atoms with Gasteiger partial charge in [-0.05, 0) is 37.6 Å². The van der Waals surface area contributed by atoms with Gasteiger partial charge in [-0.2, -0.15) is 0 Å². The molecular formula is C15H21ClN2O2. The second-order valence-electron chi connectivity index (χ2n) is 5.89. The van der Waals surface area contributed by atoms with Crippen molar-refractivity contribution in [2.75, 3.05) is 5.32 Å². The van der Waals surface area contributed by atoms with Crippen molar-refractivity contribution >= 4 is 29.1 Å². The fraction of sp³-hybridized carbons (Fsp3) is 0.467. The van der Waals surface area contributed by atoms with Crippen LogP contribution in [-0.2, 0) is 9.59 Å². The number of hydrogen-bond acceptors (Lipinski definition) is 2. The van der Waals surface area contributed by atoms with E-state index in [0.29, 0.717) is 10.7 Å². The quantitative estimate of drug-likeness (QED) is 0.900. The lowest BCUT2D eigenvalue weighted by molar-refractivity contribution is -0.131. The zero-order chi connectivity index (χ0) is 15.5. The van der Waals surface area contributed by atoms with E-state index in [9.17, 15) is 9.59 Å². The van der Waals surface area contributed by atoms with Gasteiger partial charge >= 0.3 is 0 Å². The Morgan fingerprint density at radius 3 is 2.35 bits per heavy atom. The van der Waals surface area contributed by atoms with Gasteiger partial charge in [-0.25, -0.2) is 0 Å². The molecule has 1 aromatic rings. The monoisotopic (exact) mass is 296 g/mol. The Morgan fingerprint density at radius 1 is 1.25 bits per heavy atom. The van der Waals surface area contributed by atoms with Crippen molar-refractivity contribution in [2.45, 2.75) is 40.7 Å². The van der Waals surface area contributed by atoms with Crippen molar-refractivity contribution < 1.29 is 9.59 Å². The predicted octanol–water partition coefficient (Wildman–Crippen LogP) is 3.14. The molecule has 1 rings (SSSR count). The fourth-order valence-corrected chi connectivity index (χ4v) is 1.71. The van der Waals surface area contributed by atoms with E-state index in [0.717, 1.165) is 5.56 Å². The zero-order valence-electron chi connectivity index (χ0n) is 12.5. The van der Waals surface area contributed by atoms with Crippen LogP contribution in [0.2, 0.25) is 5.02 Å². The van der Waals surface area contributed by atoms with Gasteiger partial charge in [0, 0.05) is 16.1 Å². The summed E-state index contributed by atoms with van der Waals surface area (Å²) < 4.78 is 0. The topological polar surface area (TPSA) is 58.2 Å². The Bertz CT molecular complexity index is 521. The molecule has 4 nitrogen and oxygen atoms in total. The summed E-state index contributed by atoms with van der Waals surface area (Å²) >= 11 is 5.87. The molecule has 0 fully saturated rings. The summed E-state index contributed by atoms with van der Waals surface area (Å²) in [5.74, 6) is -0.416. The summed E-state index contributed by atoms with van der Waals surface area (Å²) in [6, 6.07) is 4.63. The molecule has 1 unspecified atom stereocenters. The van der Waals surface area contributed by atoms with E-state index in [2.05, 4.69) is 10.6 Å². The van der Waals surface area contributed by atoms with Crippen LogP contribution in [0.5, 0.6) is 0 Å². The Morgan fingerprint density at radius 2 is 1.85 bits per heavy atom. The lowest BCUT2D eigenvalue weighted by atomic mass is 9.95. The molecule has 1 atom stereocenters. The van der Waals surface area contributed by atoms with E-state index >= 15 is 0 Å². The first-order chi connectivity index (χ1) is 9.11. The molecule has 2 N–H and O–H groups in total. The average Bonchev–Trinajstić information content (AvgIpc) is 2.31. The number of rotatable bonds is 3. The maximum absolute atomic E-state index is 12.1. The Hall–Kier alpha value is -1.55. The number of halogens is 1. The van der Waals surface area contributed by atoms with Crippen molar-refractivity contribution in [3.63, 3.8) is 0 Å². The number of benzene rings is 1. The molecule has 0 aromatic heterocycles. The molecule has 0 radical (unpaired) electrons. The molecule has 2 amide bonds. The van der Waals surface area contributed by atoms with E-state index < -0.39 is 11.5 Å². The molecule has 20 heavy (non-hydrogen) atoms. The summed E-state index contributed by atoms with van der Waals surface area (Å²) in [5.41, 5.74) is 1.04. The molecular weight excluding hydrogens is 276 g/mol. The maximum atomic E-state index is 12.1. The first-order valence-electron chi connectivity index (χ1n) is 6.49. The van der Waals surface area contributed by atoms with E-state index in [1.165, 1.54) is 0 Å². The van der Waals surface area contributed by atoms with Gasteiger partial charge in [-0.3, -0.25) is 9.59 Å². The second kappa shape index (κ2) is 6.27. The van der Waals surface area contributed by atoms with Crippen LogP contribution in [0.25, 0.3) is 0 Å². The normalized spacial score (nSPS) is 12.7. The van der Waals surface area contributed by atoms with Gasteiger partial charge in [0.15, 0.2) is 0 Å². The van der Waals surface area contributed by atoms with Crippen molar-refractivity contribution in [3.05, 3.63) is 28.8 Å². The highest BCUT2D eigenvalue weighted by molar-refractivity contribution is 6.30. The lowest BCUT2D eigenvalue weighted by Gasteiger charge is -2.21. The highest BCUT2D eigenvalue weighted by atomic mass is 35.5. The standard InChI is InChI=1S/C15H21ClN2O2/c1-9-8-11(16)6-7-12(9)18-13(19)10(2)17-14(20)15(3,4)5/h6-8,10H,1-5H3,(H,17,20)(H,18,19). The third kappa shape index (κ3) is 4.53. The van der Waals surface area contributed by atoms with Gasteiger partial charge in [0.05, 0.1) is 0 Å². The minimum Gasteiger partial charge on any atom is -0.344 e. The Balaban J connectivity index is 2.69. The number of amides is 2. The number of anilines is 1. The summed E-state index contributed by atoms with van der Waals surface area (Å²) in [7, 11) is 0. The largest absolute Gasteiger partial charge is 0.344 e. The number of nitrogens with one attached hydrogen (secondary N) is 2. The summed E-state index contributed by atoms with van der Waals surface area (Å²) in [6.07, 6.45) is 0. The zero-order valence-corrected chi connectivity index (χ0v) is 13.3.